The Bertz CT molecular complexity index is 513. The van der Waals surface area contributed by atoms with Crippen molar-refractivity contribution in [3.05, 3.63) is 65.5 Å². The molecule has 0 aromatic heterocycles. The predicted molar refractivity (Wildman–Crippen MR) is 70.0 cm³/mol. The first-order chi connectivity index (χ1) is 8.70. The Morgan fingerprint density at radius 2 is 1.89 bits per heavy atom. The molecule has 2 nitrogen and oxygen atoms in total. The van der Waals surface area contributed by atoms with Crippen LogP contribution < -0.4 is 10.5 Å². The third-order valence-corrected chi connectivity index (χ3v) is 2.74. The lowest BCUT2D eigenvalue weighted by Crippen LogP contribution is -2.18. The number of ether oxygens (including phenoxy) is 1. The van der Waals surface area contributed by atoms with Gasteiger partial charge >= 0.3 is 0 Å². The summed E-state index contributed by atoms with van der Waals surface area (Å²) in [4.78, 5) is 0. The first-order valence-corrected chi connectivity index (χ1v) is 5.88. The third kappa shape index (κ3) is 2.87. The summed E-state index contributed by atoms with van der Waals surface area (Å²) in [5.41, 5.74) is 7.59. The molecule has 2 N–H and O–H groups in total. The Hall–Kier alpha value is -1.87. The normalized spacial score (nSPS) is 12.2. The average molecular weight is 245 g/mol. The monoisotopic (exact) mass is 245 g/mol. The fraction of sp³-hybridized carbons (Fsp3) is 0.200. The van der Waals surface area contributed by atoms with Crippen LogP contribution in [0.5, 0.6) is 5.75 Å². The van der Waals surface area contributed by atoms with Crippen molar-refractivity contribution in [1.29, 1.82) is 0 Å². The van der Waals surface area contributed by atoms with Crippen molar-refractivity contribution in [2.24, 2.45) is 5.73 Å². The van der Waals surface area contributed by atoms with Crippen LogP contribution in [0.3, 0.4) is 0 Å². The van der Waals surface area contributed by atoms with Crippen molar-refractivity contribution in [2.45, 2.75) is 13.0 Å². The van der Waals surface area contributed by atoms with Gasteiger partial charge in [-0.05, 0) is 30.2 Å². The van der Waals surface area contributed by atoms with E-state index in [-0.39, 0.29) is 17.7 Å². The van der Waals surface area contributed by atoms with Crippen LogP contribution in [0.25, 0.3) is 0 Å². The van der Waals surface area contributed by atoms with Gasteiger partial charge in [-0.25, -0.2) is 4.39 Å². The minimum Gasteiger partial charge on any atom is -0.481 e. The van der Waals surface area contributed by atoms with Gasteiger partial charge in [-0.2, -0.15) is 0 Å². The minimum atomic E-state index is -0.366. The van der Waals surface area contributed by atoms with E-state index in [0.717, 1.165) is 11.1 Å². The highest BCUT2D eigenvalue weighted by Gasteiger charge is 2.13. The minimum absolute atomic E-state index is 0.245. The SMILES string of the molecule is Cc1ccc(F)c(OC(CN)c2ccccc2)c1. The summed E-state index contributed by atoms with van der Waals surface area (Å²) in [5, 5.41) is 0. The van der Waals surface area contributed by atoms with Crippen LogP contribution in [0.2, 0.25) is 0 Å². The van der Waals surface area contributed by atoms with Crippen molar-refractivity contribution in [3.8, 4) is 5.75 Å². The zero-order chi connectivity index (χ0) is 13.0. The summed E-state index contributed by atoms with van der Waals surface area (Å²) in [6.45, 7) is 2.20. The standard InChI is InChI=1S/C15H16FNO/c1-11-7-8-13(16)14(9-11)18-15(10-17)12-5-3-2-4-6-12/h2-9,15H,10,17H2,1H3. The average Bonchev–Trinajstić information content (AvgIpc) is 2.41. The van der Waals surface area contributed by atoms with Crippen molar-refractivity contribution in [1.82, 2.24) is 0 Å². The second-order valence-corrected chi connectivity index (χ2v) is 4.19. The molecule has 0 heterocycles. The van der Waals surface area contributed by atoms with Crippen LogP contribution in [0.15, 0.2) is 48.5 Å². The van der Waals surface area contributed by atoms with E-state index < -0.39 is 0 Å². The van der Waals surface area contributed by atoms with Crippen molar-refractivity contribution >= 4 is 0 Å². The van der Waals surface area contributed by atoms with E-state index in [4.69, 9.17) is 10.5 Å². The largest absolute Gasteiger partial charge is 0.481 e. The number of hydrogen-bond donors (Lipinski definition) is 1. The molecule has 0 saturated carbocycles. The van der Waals surface area contributed by atoms with Crippen molar-refractivity contribution < 1.29 is 9.13 Å². The number of benzene rings is 2. The van der Waals surface area contributed by atoms with E-state index in [1.165, 1.54) is 6.07 Å². The van der Waals surface area contributed by atoms with E-state index in [2.05, 4.69) is 0 Å². The molecule has 0 aliphatic carbocycles. The highest BCUT2D eigenvalue weighted by atomic mass is 19.1. The highest BCUT2D eigenvalue weighted by molar-refractivity contribution is 5.30. The lowest BCUT2D eigenvalue weighted by molar-refractivity contribution is 0.204. The van der Waals surface area contributed by atoms with Crippen LogP contribution in [0.4, 0.5) is 4.39 Å². The highest BCUT2D eigenvalue weighted by Crippen LogP contribution is 2.25. The molecule has 0 fully saturated rings. The maximum atomic E-state index is 13.6. The van der Waals surface area contributed by atoms with E-state index in [0.29, 0.717) is 6.54 Å². The molecular weight excluding hydrogens is 229 g/mol. The topological polar surface area (TPSA) is 35.2 Å². The van der Waals surface area contributed by atoms with E-state index in [1.54, 1.807) is 12.1 Å². The van der Waals surface area contributed by atoms with Crippen molar-refractivity contribution in [3.63, 3.8) is 0 Å². The Morgan fingerprint density at radius 1 is 1.17 bits per heavy atom. The van der Waals surface area contributed by atoms with Gasteiger partial charge in [-0.3, -0.25) is 0 Å². The first kappa shape index (κ1) is 12.6. The summed E-state index contributed by atoms with van der Waals surface area (Å²) in [6, 6.07) is 14.4. The zero-order valence-corrected chi connectivity index (χ0v) is 10.3. The van der Waals surface area contributed by atoms with Gasteiger partial charge in [0.1, 0.15) is 6.10 Å². The molecule has 0 saturated heterocycles. The molecule has 0 amide bonds. The van der Waals surface area contributed by atoms with Gasteiger partial charge in [0, 0.05) is 6.54 Å². The zero-order valence-electron chi connectivity index (χ0n) is 10.3. The molecule has 2 aromatic carbocycles. The van der Waals surface area contributed by atoms with E-state index >= 15 is 0 Å². The molecule has 2 rings (SSSR count). The second-order valence-electron chi connectivity index (χ2n) is 4.19. The fourth-order valence-corrected chi connectivity index (χ4v) is 1.77. The van der Waals surface area contributed by atoms with Gasteiger partial charge in [-0.1, -0.05) is 36.4 Å². The Morgan fingerprint density at radius 3 is 2.56 bits per heavy atom. The Balaban J connectivity index is 2.23. The van der Waals surface area contributed by atoms with Crippen molar-refractivity contribution in [2.75, 3.05) is 6.54 Å². The Kier molecular flexibility index (Phi) is 3.95. The molecule has 94 valence electrons. The van der Waals surface area contributed by atoms with Crippen LogP contribution in [0.1, 0.15) is 17.2 Å². The van der Waals surface area contributed by atoms with Gasteiger partial charge in [0.05, 0.1) is 0 Å². The summed E-state index contributed by atoms with van der Waals surface area (Å²) in [5.74, 6) is -0.121. The molecular formula is C15H16FNO. The van der Waals surface area contributed by atoms with Crippen LogP contribution in [-0.2, 0) is 0 Å². The maximum Gasteiger partial charge on any atom is 0.165 e. The fourth-order valence-electron chi connectivity index (χ4n) is 1.77. The lowest BCUT2D eigenvalue weighted by Gasteiger charge is -2.18. The van der Waals surface area contributed by atoms with E-state index in [1.807, 2.05) is 37.3 Å². The number of rotatable bonds is 4. The molecule has 18 heavy (non-hydrogen) atoms. The summed E-state index contributed by atoms with van der Waals surface area (Å²) in [6.07, 6.45) is -0.331. The summed E-state index contributed by atoms with van der Waals surface area (Å²) >= 11 is 0. The van der Waals surface area contributed by atoms with Gasteiger partial charge in [-0.15, -0.1) is 0 Å². The van der Waals surface area contributed by atoms with Gasteiger partial charge in [0.15, 0.2) is 11.6 Å². The maximum absolute atomic E-state index is 13.6. The third-order valence-electron chi connectivity index (χ3n) is 2.74. The smallest absolute Gasteiger partial charge is 0.165 e. The van der Waals surface area contributed by atoms with Gasteiger partial charge in [0.2, 0.25) is 0 Å². The summed E-state index contributed by atoms with van der Waals surface area (Å²) in [7, 11) is 0. The molecule has 0 radical (unpaired) electrons. The van der Waals surface area contributed by atoms with Crippen LogP contribution in [0, 0.1) is 12.7 Å². The van der Waals surface area contributed by atoms with Crippen LogP contribution >= 0.6 is 0 Å². The molecule has 1 atom stereocenters. The lowest BCUT2D eigenvalue weighted by atomic mass is 10.1. The molecule has 0 bridgehead atoms. The second kappa shape index (κ2) is 5.65. The van der Waals surface area contributed by atoms with Gasteiger partial charge < -0.3 is 10.5 Å². The van der Waals surface area contributed by atoms with Crippen LogP contribution in [-0.4, -0.2) is 6.54 Å². The molecule has 2 aromatic rings. The number of hydrogen-bond acceptors (Lipinski definition) is 2. The quantitative estimate of drug-likeness (QED) is 0.897. The molecule has 0 aliphatic heterocycles. The molecule has 1 unspecified atom stereocenters. The number of nitrogens with two attached hydrogens (primary N) is 1. The number of halogens is 1. The molecule has 3 heteroatoms. The predicted octanol–water partition coefficient (Wildman–Crippen LogP) is 3.21. The first-order valence-electron chi connectivity index (χ1n) is 5.88. The molecule has 0 spiro atoms. The molecule has 0 aliphatic rings. The summed E-state index contributed by atoms with van der Waals surface area (Å²) < 4.78 is 19.3. The van der Waals surface area contributed by atoms with Gasteiger partial charge in [0.25, 0.3) is 0 Å². The number of aryl methyl sites for hydroxylation is 1. The Labute approximate surface area is 106 Å². The van der Waals surface area contributed by atoms with E-state index in [9.17, 15) is 4.39 Å².